The van der Waals surface area contributed by atoms with Gasteiger partial charge in [-0.15, -0.1) is 24.0 Å². The molecule has 0 saturated carbocycles. The van der Waals surface area contributed by atoms with Crippen molar-refractivity contribution in [2.75, 3.05) is 58.9 Å². The molecule has 1 aliphatic rings. The minimum atomic E-state index is 0. The van der Waals surface area contributed by atoms with Crippen molar-refractivity contribution < 1.29 is 4.74 Å². The molecule has 2 atom stereocenters. The standard InChI is InChI=1S/C23H41N5O.HI/c1-6-24-23(26-17-21(5)29-22-10-8-9-19(3)15-22)25-16-20(4)18-28-13-11-27(7-2)12-14-28;/h8-10,15,20-21H,6-7,11-14,16-18H2,1-5H3,(H2,24,25,26);1H. The monoisotopic (exact) mass is 531 g/mol. The Morgan fingerprint density at radius 2 is 1.80 bits per heavy atom. The molecule has 2 unspecified atom stereocenters. The molecule has 7 heteroatoms. The lowest BCUT2D eigenvalue weighted by Gasteiger charge is -2.35. The van der Waals surface area contributed by atoms with Crippen molar-refractivity contribution in [1.29, 1.82) is 0 Å². The number of likely N-dealkylation sites (N-methyl/N-ethyl adjacent to an activating group) is 1. The number of benzene rings is 1. The van der Waals surface area contributed by atoms with E-state index in [4.69, 9.17) is 9.73 Å². The van der Waals surface area contributed by atoms with Crippen LogP contribution in [-0.2, 0) is 0 Å². The number of rotatable bonds is 10. The number of hydrogen-bond donors (Lipinski definition) is 2. The van der Waals surface area contributed by atoms with Gasteiger partial charge in [-0.05, 0) is 50.9 Å². The van der Waals surface area contributed by atoms with Crippen LogP contribution in [0.15, 0.2) is 29.3 Å². The van der Waals surface area contributed by atoms with E-state index >= 15 is 0 Å². The summed E-state index contributed by atoms with van der Waals surface area (Å²) in [5, 5.41) is 6.77. The number of hydrogen-bond acceptors (Lipinski definition) is 4. The Kier molecular flexibility index (Phi) is 13.4. The molecule has 0 aromatic heterocycles. The van der Waals surface area contributed by atoms with Crippen LogP contribution < -0.4 is 15.4 Å². The van der Waals surface area contributed by atoms with Gasteiger partial charge >= 0.3 is 0 Å². The van der Waals surface area contributed by atoms with Crippen molar-refractivity contribution >= 4 is 29.9 Å². The van der Waals surface area contributed by atoms with Crippen LogP contribution in [0.4, 0.5) is 0 Å². The van der Waals surface area contributed by atoms with Crippen molar-refractivity contribution in [1.82, 2.24) is 20.4 Å². The van der Waals surface area contributed by atoms with Crippen LogP contribution in [0, 0.1) is 12.8 Å². The highest BCUT2D eigenvalue weighted by atomic mass is 127. The lowest BCUT2D eigenvalue weighted by Crippen LogP contribution is -2.47. The SMILES string of the molecule is CCNC(=NCC(C)CN1CCN(CC)CC1)NCC(C)Oc1cccc(C)c1.I. The molecule has 0 amide bonds. The smallest absolute Gasteiger partial charge is 0.191 e. The Balaban J connectivity index is 0.00000450. The van der Waals surface area contributed by atoms with Crippen LogP contribution in [0.5, 0.6) is 5.75 Å². The number of nitrogens with one attached hydrogen (secondary N) is 2. The average molecular weight is 532 g/mol. The molecule has 172 valence electrons. The Hall–Kier alpha value is -1.06. The molecule has 2 N–H and O–H groups in total. The Bertz CT molecular complexity index is 619. The maximum atomic E-state index is 6.01. The Morgan fingerprint density at radius 1 is 1.10 bits per heavy atom. The number of halogens is 1. The third kappa shape index (κ3) is 10.3. The van der Waals surface area contributed by atoms with Crippen LogP contribution in [0.2, 0.25) is 0 Å². The number of piperazine rings is 1. The fourth-order valence-electron chi connectivity index (χ4n) is 3.58. The van der Waals surface area contributed by atoms with Crippen molar-refractivity contribution in [3.8, 4) is 5.75 Å². The van der Waals surface area contributed by atoms with Crippen LogP contribution in [0.25, 0.3) is 0 Å². The summed E-state index contributed by atoms with van der Waals surface area (Å²) in [5.41, 5.74) is 1.21. The zero-order valence-corrected chi connectivity index (χ0v) is 21.8. The molecule has 1 heterocycles. The van der Waals surface area contributed by atoms with Crippen molar-refractivity contribution in [2.24, 2.45) is 10.9 Å². The van der Waals surface area contributed by atoms with Gasteiger partial charge in [-0.1, -0.05) is 26.0 Å². The van der Waals surface area contributed by atoms with Gasteiger partial charge in [0.2, 0.25) is 0 Å². The van der Waals surface area contributed by atoms with E-state index in [0.717, 1.165) is 37.9 Å². The highest BCUT2D eigenvalue weighted by molar-refractivity contribution is 14.0. The third-order valence-corrected chi connectivity index (χ3v) is 5.27. The van der Waals surface area contributed by atoms with Gasteiger partial charge < -0.3 is 25.2 Å². The fourth-order valence-corrected chi connectivity index (χ4v) is 3.58. The summed E-state index contributed by atoms with van der Waals surface area (Å²) in [5.74, 6) is 2.33. The van der Waals surface area contributed by atoms with E-state index in [1.165, 1.54) is 31.7 Å². The number of ether oxygens (including phenoxy) is 1. The van der Waals surface area contributed by atoms with E-state index in [9.17, 15) is 0 Å². The van der Waals surface area contributed by atoms with E-state index in [2.05, 4.69) is 67.2 Å². The van der Waals surface area contributed by atoms with Gasteiger partial charge in [0.1, 0.15) is 11.9 Å². The van der Waals surface area contributed by atoms with Gasteiger partial charge in [-0.3, -0.25) is 4.99 Å². The largest absolute Gasteiger partial charge is 0.489 e. The first kappa shape index (κ1) is 27.0. The molecule has 6 nitrogen and oxygen atoms in total. The summed E-state index contributed by atoms with van der Waals surface area (Å²) in [6, 6.07) is 8.18. The maximum absolute atomic E-state index is 6.01. The van der Waals surface area contributed by atoms with E-state index in [1.807, 2.05) is 12.1 Å². The molecule has 0 spiro atoms. The average Bonchev–Trinajstić information content (AvgIpc) is 2.70. The molecule has 0 aliphatic carbocycles. The van der Waals surface area contributed by atoms with Gasteiger partial charge in [0.15, 0.2) is 5.96 Å². The third-order valence-electron chi connectivity index (χ3n) is 5.27. The fraction of sp³-hybridized carbons (Fsp3) is 0.696. The first-order chi connectivity index (χ1) is 14.0. The van der Waals surface area contributed by atoms with Crippen molar-refractivity contribution in [3.05, 3.63) is 29.8 Å². The van der Waals surface area contributed by atoms with E-state index in [1.54, 1.807) is 0 Å². The summed E-state index contributed by atoms with van der Waals surface area (Å²) in [6.45, 7) is 20.2. The Labute approximate surface area is 200 Å². The summed E-state index contributed by atoms with van der Waals surface area (Å²) in [4.78, 5) is 9.90. The predicted molar refractivity (Wildman–Crippen MR) is 138 cm³/mol. The molecule has 0 bridgehead atoms. The summed E-state index contributed by atoms with van der Waals surface area (Å²) < 4.78 is 6.01. The Morgan fingerprint density at radius 3 is 2.43 bits per heavy atom. The highest BCUT2D eigenvalue weighted by Crippen LogP contribution is 2.13. The molecule has 1 aromatic carbocycles. The number of aryl methyl sites for hydroxylation is 1. The minimum Gasteiger partial charge on any atom is -0.489 e. The van der Waals surface area contributed by atoms with Gasteiger partial charge in [0.05, 0.1) is 6.54 Å². The van der Waals surface area contributed by atoms with Crippen molar-refractivity contribution in [2.45, 2.75) is 40.7 Å². The topological polar surface area (TPSA) is 52.1 Å². The van der Waals surface area contributed by atoms with E-state index in [-0.39, 0.29) is 30.1 Å². The lowest BCUT2D eigenvalue weighted by atomic mass is 10.1. The second kappa shape index (κ2) is 14.9. The van der Waals surface area contributed by atoms with Gasteiger partial charge in [0, 0.05) is 45.8 Å². The molecule has 1 fully saturated rings. The first-order valence-electron chi connectivity index (χ1n) is 11.2. The summed E-state index contributed by atoms with van der Waals surface area (Å²) >= 11 is 0. The molecule has 1 aliphatic heterocycles. The number of nitrogens with zero attached hydrogens (tertiary/aromatic N) is 3. The second-order valence-corrected chi connectivity index (χ2v) is 8.19. The second-order valence-electron chi connectivity index (χ2n) is 8.19. The van der Waals surface area contributed by atoms with Crippen LogP contribution in [-0.4, -0.2) is 80.8 Å². The molecule has 1 saturated heterocycles. The highest BCUT2D eigenvalue weighted by Gasteiger charge is 2.17. The lowest BCUT2D eigenvalue weighted by molar-refractivity contribution is 0.125. The molecular formula is C23H42IN5O. The van der Waals surface area contributed by atoms with Gasteiger partial charge in [-0.2, -0.15) is 0 Å². The summed E-state index contributed by atoms with van der Waals surface area (Å²) in [7, 11) is 0. The van der Waals surface area contributed by atoms with Crippen LogP contribution in [0.1, 0.15) is 33.3 Å². The first-order valence-corrected chi connectivity index (χ1v) is 11.2. The van der Waals surface area contributed by atoms with Crippen LogP contribution in [0.3, 0.4) is 0 Å². The normalized spacial score (nSPS) is 17.7. The van der Waals surface area contributed by atoms with E-state index in [0.29, 0.717) is 12.5 Å². The molecule has 30 heavy (non-hydrogen) atoms. The van der Waals surface area contributed by atoms with Gasteiger partial charge in [-0.25, -0.2) is 0 Å². The maximum Gasteiger partial charge on any atom is 0.191 e. The summed E-state index contributed by atoms with van der Waals surface area (Å²) in [6.07, 6.45) is 0.0629. The number of aliphatic imine (C=N–C) groups is 1. The number of guanidine groups is 1. The quantitative estimate of drug-likeness (QED) is 0.276. The zero-order valence-electron chi connectivity index (χ0n) is 19.5. The molecule has 0 radical (unpaired) electrons. The van der Waals surface area contributed by atoms with Crippen LogP contribution >= 0.6 is 24.0 Å². The predicted octanol–water partition coefficient (Wildman–Crippen LogP) is 3.21. The molecule has 2 rings (SSSR count). The molecule has 1 aromatic rings. The van der Waals surface area contributed by atoms with Crippen molar-refractivity contribution in [3.63, 3.8) is 0 Å². The van der Waals surface area contributed by atoms with Gasteiger partial charge in [0.25, 0.3) is 0 Å². The molecular weight excluding hydrogens is 489 g/mol. The minimum absolute atomic E-state index is 0. The zero-order chi connectivity index (χ0) is 21.1. The van der Waals surface area contributed by atoms with E-state index < -0.39 is 0 Å².